The van der Waals surface area contributed by atoms with Gasteiger partial charge in [0.05, 0.1) is 7.11 Å². The number of benzene rings is 1. The van der Waals surface area contributed by atoms with Gasteiger partial charge in [0.15, 0.2) is 5.78 Å². The number of amides is 1. The Kier molecular flexibility index (Phi) is 5.71. The largest absolute Gasteiger partial charge is 0.497 e. The van der Waals surface area contributed by atoms with Crippen LogP contribution in [0.4, 0.5) is 0 Å². The molecule has 0 spiro atoms. The van der Waals surface area contributed by atoms with Crippen LogP contribution in [0, 0.1) is 0 Å². The number of ether oxygens (including phenoxy) is 1. The second kappa shape index (κ2) is 7.28. The fraction of sp³-hybridized carbons (Fsp3) is 0.357. The summed E-state index contributed by atoms with van der Waals surface area (Å²) in [5, 5.41) is 10.9. The number of Topliss-reactive ketones (excluding diaryl/α,β-unsaturated/α-hetero) is 1. The first kappa shape index (κ1) is 15.7. The van der Waals surface area contributed by atoms with Gasteiger partial charge in [-0.1, -0.05) is 0 Å². The summed E-state index contributed by atoms with van der Waals surface area (Å²) in [6.45, 7) is 1.37. The normalized spacial score (nSPS) is 11.5. The van der Waals surface area contributed by atoms with Crippen LogP contribution in [0.25, 0.3) is 0 Å². The highest BCUT2D eigenvalue weighted by Gasteiger charge is 2.15. The zero-order valence-corrected chi connectivity index (χ0v) is 11.4. The molecule has 108 valence electrons. The van der Waals surface area contributed by atoms with E-state index in [1.165, 1.54) is 14.0 Å². The topological polar surface area (TPSA) is 92.7 Å². The van der Waals surface area contributed by atoms with Crippen molar-refractivity contribution in [1.29, 1.82) is 0 Å². The number of carbonyl (C=O) groups is 3. The van der Waals surface area contributed by atoms with Crippen molar-refractivity contribution in [3.63, 3.8) is 0 Å². The zero-order valence-electron chi connectivity index (χ0n) is 11.4. The number of methoxy groups -OCH3 is 1. The van der Waals surface area contributed by atoms with Crippen molar-refractivity contribution in [2.24, 2.45) is 0 Å². The number of hydrogen-bond donors (Lipinski definition) is 2. The second-order valence-corrected chi connectivity index (χ2v) is 4.28. The number of nitrogens with one attached hydrogen (secondary N) is 1. The van der Waals surface area contributed by atoms with Crippen molar-refractivity contribution >= 4 is 17.7 Å². The molecule has 0 saturated carbocycles. The molecule has 2 N–H and O–H groups in total. The number of carbonyl (C=O) groups excluding carboxylic acids is 2. The van der Waals surface area contributed by atoms with Crippen LogP contribution >= 0.6 is 0 Å². The average Bonchev–Trinajstić information content (AvgIpc) is 2.44. The number of hydrogen-bond acceptors (Lipinski definition) is 4. The van der Waals surface area contributed by atoms with Crippen LogP contribution in [0.1, 0.15) is 30.1 Å². The summed E-state index contributed by atoms with van der Waals surface area (Å²) in [5.41, 5.74) is 0.491. The van der Waals surface area contributed by atoms with Gasteiger partial charge in [0.2, 0.25) is 5.91 Å². The maximum Gasteiger partial charge on any atom is 0.325 e. The van der Waals surface area contributed by atoms with Gasteiger partial charge in [0.1, 0.15) is 11.8 Å². The molecule has 20 heavy (non-hydrogen) atoms. The molecule has 1 aromatic carbocycles. The first-order valence-corrected chi connectivity index (χ1v) is 6.13. The van der Waals surface area contributed by atoms with E-state index in [0.29, 0.717) is 11.3 Å². The van der Waals surface area contributed by atoms with E-state index in [2.05, 4.69) is 5.32 Å². The fourth-order valence-electron chi connectivity index (χ4n) is 1.52. The highest BCUT2D eigenvalue weighted by atomic mass is 16.5. The lowest BCUT2D eigenvalue weighted by molar-refractivity contribution is -0.141. The molecular formula is C14H17NO5. The number of aliphatic carboxylic acids is 1. The molecule has 1 atom stereocenters. The lowest BCUT2D eigenvalue weighted by Gasteiger charge is -2.08. The van der Waals surface area contributed by atoms with Crippen LogP contribution in [-0.2, 0) is 9.59 Å². The minimum absolute atomic E-state index is 0.0322. The molecule has 0 aromatic heterocycles. The van der Waals surface area contributed by atoms with Crippen molar-refractivity contribution in [1.82, 2.24) is 5.32 Å². The first-order valence-electron chi connectivity index (χ1n) is 6.13. The molecule has 1 aromatic rings. The lowest BCUT2D eigenvalue weighted by Crippen LogP contribution is -2.38. The predicted molar refractivity (Wildman–Crippen MR) is 71.8 cm³/mol. The Morgan fingerprint density at radius 1 is 1.20 bits per heavy atom. The Labute approximate surface area is 116 Å². The molecule has 0 radical (unpaired) electrons. The quantitative estimate of drug-likeness (QED) is 0.733. The second-order valence-electron chi connectivity index (χ2n) is 4.28. The molecule has 6 heteroatoms. The van der Waals surface area contributed by atoms with E-state index < -0.39 is 17.9 Å². The molecule has 0 unspecified atom stereocenters. The molecule has 0 aliphatic carbocycles. The van der Waals surface area contributed by atoms with Gasteiger partial charge in [-0.05, 0) is 31.2 Å². The predicted octanol–water partition coefficient (Wildman–Crippen LogP) is 1.25. The van der Waals surface area contributed by atoms with Gasteiger partial charge in [0, 0.05) is 18.4 Å². The molecule has 6 nitrogen and oxygen atoms in total. The monoisotopic (exact) mass is 279 g/mol. The molecule has 0 aliphatic rings. The maximum atomic E-state index is 11.8. The van der Waals surface area contributed by atoms with Gasteiger partial charge < -0.3 is 15.2 Å². The van der Waals surface area contributed by atoms with Crippen molar-refractivity contribution in [2.45, 2.75) is 25.8 Å². The highest BCUT2D eigenvalue weighted by Crippen LogP contribution is 2.13. The third-order valence-electron chi connectivity index (χ3n) is 2.74. The van der Waals surface area contributed by atoms with E-state index in [1.807, 2.05) is 0 Å². The first-order chi connectivity index (χ1) is 9.43. The number of rotatable bonds is 7. The summed E-state index contributed by atoms with van der Waals surface area (Å²) in [6, 6.07) is 5.62. The summed E-state index contributed by atoms with van der Waals surface area (Å²) in [7, 11) is 1.53. The molecule has 0 heterocycles. The highest BCUT2D eigenvalue weighted by molar-refractivity contribution is 5.98. The Bertz CT molecular complexity index is 495. The van der Waals surface area contributed by atoms with Crippen LogP contribution in [0.3, 0.4) is 0 Å². The van der Waals surface area contributed by atoms with E-state index in [1.54, 1.807) is 24.3 Å². The third-order valence-corrected chi connectivity index (χ3v) is 2.74. The minimum atomic E-state index is -1.11. The molecule has 0 aliphatic heterocycles. The van der Waals surface area contributed by atoms with Crippen molar-refractivity contribution in [3.05, 3.63) is 29.8 Å². The van der Waals surface area contributed by atoms with Gasteiger partial charge in [-0.2, -0.15) is 0 Å². The fourth-order valence-corrected chi connectivity index (χ4v) is 1.52. The molecule has 1 rings (SSSR count). The summed E-state index contributed by atoms with van der Waals surface area (Å²) in [4.78, 5) is 33.8. The van der Waals surface area contributed by atoms with Crippen LogP contribution < -0.4 is 10.1 Å². The minimum Gasteiger partial charge on any atom is -0.497 e. The number of ketones is 1. The Hall–Kier alpha value is -2.37. The Balaban J connectivity index is 2.46. The third kappa shape index (κ3) is 4.72. The number of carboxylic acids is 1. The Morgan fingerprint density at radius 3 is 2.30 bits per heavy atom. The van der Waals surface area contributed by atoms with Crippen molar-refractivity contribution < 1.29 is 24.2 Å². The standard InChI is InChI=1S/C14H17NO5/c1-9(14(18)19)15-13(17)8-7-12(16)10-3-5-11(20-2)6-4-10/h3-6,9H,7-8H2,1-2H3,(H,15,17)(H,18,19)/t9-/m1/s1. The molecule has 0 fully saturated rings. The van der Waals surface area contributed by atoms with E-state index in [0.717, 1.165) is 0 Å². The van der Waals surface area contributed by atoms with Gasteiger partial charge >= 0.3 is 5.97 Å². The maximum absolute atomic E-state index is 11.8. The smallest absolute Gasteiger partial charge is 0.325 e. The van der Waals surface area contributed by atoms with Crippen LogP contribution in [0.2, 0.25) is 0 Å². The van der Waals surface area contributed by atoms with Gasteiger partial charge in [-0.25, -0.2) is 0 Å². The van der Waals surface area contributed by atoms with E-state index in [4.69, 9.17) is 9.84 Å². The number of carboxylic acid groups (broad SMARTS) is 1. The van der Waals surface area contributed by atoms with E-state index in [-0.39, 0.29) is 18.6 Å². The molecule has 0 bridgehead atoms. The molecule has 0 saturated heterocycles. The van der Waals surface area contributed by atoms with Crippen LogP contribution in [0.15, 0.2) is 24.3 Å². The average molecular weight is 279 g/mol. The van der Waals surface area contributed by atoms with Crippen molar-refractivity contribution in [3.8, 4) is 5.75 Å². The van der Waals surface area contributed by atoms with Crippen LogP contribution in [0.5, 0.6) is 5.75 Å². The summed E-state index contributed by atoms with van der Waals surface area (Å²) in [5.74, 6) is -1.10. The van der Waals surface area contributed by atoms with Gasteiger partial charge in [-0.3, -0.25) is 14.4 Å². The van der Waals surface area contributed by atoms with E-state index >= 15 is 0 Å². The zero-order chi connectivity index (χ0) is 15.1. The molecule has 1 amide bonds. The van der Waals surface area contributed by atoms with Crippen LogP contribution in [-0.4, -0.2) is 35.9 Å². The summed E-state index contributed by atoms with van der Waals surface area (Å²) >= 11 is 0. The SMILES string of the molecule is COc1ccc(C(=O)CCC(=O)N[C@H](C)C(=O)O)cc1. The summed E-state index contributed by atoms with van der Waals surface area (Å²) < 4.78 is 4.98. The molecular weight excluding hydrogens is 262 g/mol. The Morgan fingerprint density at radius 2 is 1.80 bits per heavy atom. The van der Waals surface area contributed by atoms with E-state index in [9.17, 15) is 14.4 Å². The lowest BCUT2D eigenvalue weighted by atomic mass is 10.1. The van der Waals surface area contributed by atoms with Gasteiger partial charge in [-0.15, -0.1) is 0 Å². The van der Waals surface area contributed by atoms with Gasteiger partial charge in [0.25, 0.3) is 0 Å². The summed E-state index contributed by atoms with van der Waals surface area (Å²) in [6.07, 6.45) is -0.00696. The van der Waals surface area contributed by atoms with Crippen molar-refractivity contribution in [2.75, 3.05) is 7.11 Å².